The maximum Gasteiger partial charge on any atom is 0.239 e. The molecule has 6 N–H and O–H groups in total. The number of aromatic nitrogens is 2. The van der Waals surface area contributed by atoms with Gasteiger partial charge in [0.25, 0.3) is 0 Å². The molecule has 0 aliphatic carbocycles. The Balaban J connectivity index is 2.78. The highest BCUT2D eigenvalue weighted by molar-refractivity contribution is 5.82. The number of hydrogen-bond acceptors (Lipinski definition) is 6. The van der Waals surface area contributed by atoms with E-state index in [-0.39, 0.29) is 5.95 Å². The highest BCUT2D eigenvalue weighted by Crippen LogP contribution is 2.13. The number of amides is 1. The van der Waals surface area contributed by atoms with Crippen molar-refractivity contribution >= 4 is 23.5 Å². The van der Waals surface area contributed by atoms with Gasteiger partial charge in [0.2, 0.25) is 11.9 Å². The van der Waals surface area contributed by atoms with Crippen molar-refractivity contribution < 1.29 is 4.79 Å². The molecule has 0 radical (unpaired) electrons. The van der Waals surface area contributed by atoms with Crippen LogP contribution in [0.5, 0.6) is 0 Å². The monoisotopic (exact) mass is 238 g/mol. The van der Waals surface area contributed by atoms with Crippen LogP contribution in [0.1, 0.15) is 20.3 Å². The molecule has 0 saturated heterocycles. The van der Waals surface area contributed by atoms with Crippen LogP contribution in [0.15, 0.2) is 6.07 Å². The Morgan fingerprint density at radius 2 is 2.12 bits per heavy atom. The van der Waals surface area contributed by atoms with Gasteiger partial charge in [-0.05, 0) is 13.3 Å². The Morgan fingerprint density at radius 3 is 2.71 bits per heavy atom. The first kappa shape index (κ1) is 13.0. The van der Waals surface area contributed by atoms with Gasteiger partial charge in [-0.1, -0.05) is 6.92 Å². The van der Waals surface area contributed by atoms with Gasteiger partial charge in [-0.15, -0.1) is 0 Å². The Morgan fingerprint density at radius 1 is 1.47 bits per heavy atom. The van der Waals surface area contributed by atoms with Gasteiger partial charge >= 0.3 is 0 Å². The third kappa shape index (κ3) is 4.13. The molecule has 1 unspecified atom stereocenters. The second-order valence-corrected chi connectivity index (χ2v) is 3.69. The third-order valence-corrected chi connectivity index (χ3v) is 2.09. The van der Waals surface area contributed by atoms with Crippen LogP contribution in [-0.4, -0.2) is 28.5 Å². The highest BCUT2D eigenvalue weighted by Gasteiger charge is 2.10. The summed E-state index contributed by atoms with van der Waals surface area (Å²) in [5.74, 6) is 0.788. The predicted molar refractivity (Wildman–Crippen MR) is 67.5 cm³/mol. The second-order valence-electron chi connectivity index (χ2n) is 3.69. The van der Waals surface area contributed by atoms with Gasteiger partial charge in [-0.2, -0.15) is 9.97 Å². The van der Waals surface area contributed by atoms with Gasteiger partial charge in [0.05, 0.1) is 0 Å². The highest BCUT2D eigenvalue weighted by atomic mass is 16.1. The maximum absolute atomic E-state index is 10.9. The summed E-state index contributed by atoms with van der Waals surface area (Å²) in [6.07, 6.45) is 0.977. The molecule has 0 aliphatic heterocycles. The number of nitrogens with two attached hydrogens (primary N) is 2. The fraction of sp³-hybridized carbons (Fsp3) is 0.500. The lowest BCUT2D eigenvalue weighted by Gasteiger charge is -2.12. The SMILES string of the molecule is CCCNc1cc(NC(C)C(N)=O)nc(N)n1. The van der Waals surface area contributed by atoms with Gasteiger partial charge < -0.3 is 22.1 Å². The van der Waals surface area contributed by atoms with E-state index in [1.807, 2.05) is 6.92 Å². The van der Waals surface area contributed by atoms with E-state index in [0.717, 1.165) is 13.0 Å². The van der Waals surface area contributed by atoms with E-state index in [4.69, 9.17) is 11.5 Å². The van der Waals surface area contributed by atoms with Gasteiger partial charge in [-0.3, -0.25) is 4.79 Å². The molecule has 0 aliphatic rings. The van der Waals surface area contributed by atoms with Crippen LogP contribution >= 0.6 is 0 Å². The summed E-state index contributed by atoms with van der Waals surface area (Å²) in [7, 11) is 0. The summed E-state index contributed by atoms with van der Waals surface area (Å²) >= 11 is 0. The minimum atomic E-state index is -0.511. The molecule has 17 heavy (non-hydrogen) atoms. The fourth-order valence-corrected chi connectivity index (χ4v) is 1.18. The molecule has 0 aromatic carbocycles. The van der Waals surface area contributed by atoms with Gasteiger partial charge in [-0.25, -0.2) is 0 Å². The second kappa shape index (κ2) is 5.88. The Labute approximate surface area is 100 Å². The number of anilines is 3. The quantitative estimate of drug-likeness (QED) is 0.560. The van der Waals surface area contributed by atoms with Gasteiger partial charge in [0, 0.05) is 12.6 Å². The van der Waals surface area contributed by atoms with Crippen molar-refractivity contribution in [1.29, 1.82) is 0 Å². The van der Waals surface area contributed by atoms with Crippen molar-refractivity contribution in [1.82, 2.24) is 9.97 Å². The Kier molecular flexibility index (Phi) is 4.50. The van der Waals surface area contributed by atoms with Crippen LogP contribution in [0.3, 0.4) is 0 Å². The van der Waals surface area contributed by atoms with Gasteiger partial charge in [0.1, 0.15) is 17.7 Å². The van der Waals surface area contributed by atoms with E-state index in [1.165, 1.54) is 0 Å². The normalized spacial score (nSPS) is 11.9. The first-order valence-electron chi connectivity index (χ1n) is 5.47. The summed E-state index contributed by atoms with van der Waals surface area (Å²) in [5.41, 5.74) is 10.7. The number of primary amides is 1. The number of hydrogen-bond donors (Lipinski definition) is 4. The molecule has 1 rings (SSSR count). The summed E-state index contributed by atoms with van der Waals surface area (Å²) in [4.78, 5) is 18.9. The molecule has 0 bridgehead atoms. The van der Waals surface area contributed by atoms with Crippen LogP contribution in [0, 0.1) is 0 Å². The topological polar surface area (TPSA) is 119 Å². The number of nitrogens with zero attached hydrogens (tertiary/aromatic N) is 2. The summed E-state index contributed by atoms with van der Waals surface area (Å²) in [6, 6.07) is 1.18. The number of nitrogen functional groups attached to an aromatic ring is 1. The fourth-order valence-electron chi connectivity index (χ4n) is 1.18. The largest absolute Gasteiger partial charge is 0.370 e. The zero-order chi connectivity index (χ0) is 12.8. The molecule has 0 spiro atoms. The van der Waals surface area contributed by atoms with Crippen molar-refractivity contribution in [2.45, 2.75) is 26.3 Å². The van der Waals surface area contributed by atoms with Crippen LogP contribution in [-0.2, 0) is 4.79 Å². The van der Waals surface area contributed by atoms with Crippen LogP contribution in [0.2, 0.25) is 0 Å². The molecule has 7 nitrogen and oxygen atoms in total. The number of nitrogens with one attached hydrogen (secondary N) is 2. The standard InChI is InChI=1S/C10H18N6O/c1-3-4-13-7-5-8(16-10(12)15-7)14-6(2)9(11)17/h5-6H,3-4H2,1-2H3,(H2,11,17)(H4,12,13,14,15,16). The molecule has 94 valence electrons. The van der Waals surface area contributed by atoms with E-state index in [9.17, 15) is 4.79 Å². The zero-order valence-corrected chi connectivity index (χ0v) is 10.0. The van der Waals surface area contributed by atoms with Crippen LogP contribution in [0.25, 0.3) is 0 Å². The van der Waals surface area contributed by atoms with E-state index in [2.05, 4.69) is 20.6 Å². The number of carbonyl (C=O) groups is 1. The molecule has 1 atom stereocenters. The van der Waals surface area contributed by atoms with Crippen molar-refractivity contribution in [3.63, 3.8) is 0 Å². The van der Waals surface area contributed by atoms with Gasteiger partial charge in [0.15, 0.2) is 0 Å². The van der Waals surface area contributed by atoms with Crippen LogP contribution in [0.4, 0.5) is 17.6 Å². The Bertz CT molecular complexity index is 394. The molecule has 1 amide bonds. The molecule has 7 heteroatoms. The van der Waals surface area contributed by atoms with E-state index < -0.39 is 11.9 Å². The average molecular weight is 238 g/mol. The predicted octanol–water partition coefficient (Wildman–Crippen LogP) is 0.166. The maximum atomic E-state index is 10.9. The first-order chi connectivity index (χ1) is 8.02. The summed E-state index contributed by atoms with van der Waals surface area (Å²) in [6.45, 7) is 4.49. The minimum absolute atomic E-state index is 0.144. The molecule has 1 aromatic heterocycles. The van der Waals surface area contributed by atoms with E-state index in [0.29, 0.717) is 11.6 Å². The summed E-state index contributed by atoms with van der Waals surface area (Å²) < 4.78 is 0. The lowest BCUT2D eigenvalue weighted by Crippen LogP contribution is -2.32. The number of rotatable bonds is 6. The molecular formula is C10H18N6O. The summed E-state index contributed by atoms with van der Waals surface area (Å²) in [5, 5.41) is 5.94. The third-order valence-electron chi connectivity index (χ3n) is 2.09. The van der Waals surface area contributed by atoms with Crippen molar-refractivity contribution in [3.8, 4) is 0 Å². The van der Waals surface area contributed by atoms with E-state index >= 15 is 0 Å². The number of carbonyl (C=O) groups excluding carboxylic acids is 1. The van der Waals surface area contributed by atoms with Crippen molar-refractivity contribution in [2.24, 2.45) is 5.73 Å². The average Bonchev–Trinajstić information content (AvgIpc) is 2.25. The molecular weight excluding hydrogens is 220 g/mol. The minimum Gasteiger partial charge on any atom is -0.370 e. The molecule has 0 fully saturated rings. The molecule has 1 heterocycles. The molecule has 1 aromatic rings. The van der Waals surface area contributed by atoms with Crippen LogP contribution < -0.4 is 22.1 Å². The van der Waals surface area contributed by atoms with Crippen molar-refractivity contribution in [3.05, 3.63) is 6.07 Å². The van der Waals surface area contributed by atoms with E-state index in [1.54, 1.807) is 13.0 Å². The molecule has 0 saturated carbocycles. The first-order valence-corrected chi connectivity index (χ1v) is 5.47. The lowest BCUT2D eigenvalue weighted by molar-refractivity contribution is -0.118. The Hall–Kier alpha value is -2.05. The smallest absolute Gasteiger partial charge is 0.239 e. The zero-order valence-electron chi connectivity index (χ0n) is 10.0. The lowest BCUT2D eigenvalue weighted by atomic mass is 10.3. The van der Waals surface area contributed by atoms with Crippen molar-refractivity contribution in [2.75, 3.05) is 22.9 Å².